The molecule has 0 unspecified atom stereocenters. The third-order valence-electron chi connectivity index (χ3n) is 4.40. The van der Waals surface area contributed by atoms with E-state index in [0.717, 1.165) is 12.8 Å². The second kappa shape index (κ2) is 7.82. The normalized spacial score (nSPS) is 14.5. The maximum absolute atomic E-state index is 12.9. The number of nitrogens with zero attached hydrogens (tertiary/aromatic N) is 1. The number of nitrogens with one attached hydrogen (secondary N) is 1. The fourth-order valence-electron chi connectivity index (χ4n) is 2.98. The monoisotopic (exact) mass is 384 g/mol. The lowest BCUT2D eigenvalue weighted by Gasteiger charge is -2.18. The number of benzene rings is 2. The number of carbonyl (C=O) groups is 1. The molecule has 0 aromatic heterocycles. The molecule has 3 rings (SSSR count). The molecule has 1 fully saturated rings. The van der Waals surface area contributed by atoms with Gasteiger partial charge in [0.15, 0.2) is 0 Å². The van der Waals surface area contributed by atoms with Gasteiger partial charge in [0.25, 0.3) is 5.91 Å². The van der Waals surface area contributed by atoms with Crippen LogP contribution in [-0.2, 0) is 10.0 Å². The van der Waals surface area contributed by atoms with Crippen molar-refractivity contribution < 1.29 is 17.9 Å². The summed E-state index contributed by atoms with van der Waals surface area (Å²) in [5.74, 6) is 2.29. The Morgan fingerprint density at radius 2 is 1.93 bits per heavy atom. The summed E-state index contributed by atoms with van der Waals surface area (Å²) in [5.41, 5.74) is 1.40. The topological polar surface area (TPSA) is 75.7 Å². The highest BCUT2D eigenvalue weighted by Gasteiger charge is 2.30. The van der Waals surface area contributed by atoms with Gasteiger partial charge in [0, 0.05) is 29.9 Å². The van der Waals surface area contributed by atoms with Crippen LogP contribution in [0.1, 0.15) is 28.8 Å². The molecular formula is C20H20N2O4S. The van der Waals surface area contributed by atoms with Gasteiger partial charge >= 0.3 is 0 Å². The zero-order valence-electron chi connectivity index (χ0n) is 14.9. The molecule has 0 radical (unpaired) electrons. The van der Waals surface area contributed by atoms with Gasteiger partial charge < -0.3 is 10.1 Å². The van der Waals surface area contributed by atoms with Crippen molar-refractivity contribution in [3.63, 3.8) is 0 Å². The predicted molar refractivity (Wildman–Crippen MR) is 103 cm³/mol. The van der Waals surface area contributed by atoms with E-state index in [-0.39, 0.29) is 16.2 Å². The number of rotatable bonds is 5. The van der Waals surface area contributed by atoms with Crippen molar-refractivity contribution in [2.45, 2.75) is 17.7 Å². The van der Waals surface area contributed by atoms with E-state index in [9.17, 15) is 13.2 Å². The van der Waals surface area contributed by atoms with Gasteiger partial charge in [-0.1, -0.05) is 12.0 Å². The summed E-state index contributed by atoms with van der Waals surface area (Å²) in [6, 6.07) is 11.3. The van der Waals surface area contributed by atoms with Crippen LogP contribution in [0.3, 0.4) is 0 Å². The second-order valence-electron chi connectivity index (χ2n) is 6.16. The van der Waals surface area contributed by atoms with Crippen LogP contribution in [0.2, 0.25) is 0 Å². The Balaban J connectivity index is 1.92. The van der Waals surface area contributed by atoms with E-state index >= 15 is 0 Å². The fraction of sp³-hybridized carbons (Fsp3) is 0.250. The third kappa shape index (κ3) is 3.97. The molecule has 0 atom stereocenters. The van der Waals surface area contributed by atoms with E-state index in [2.05, 4.69) is 11.2 Å². The highest BCUT2D eigenvalue weighted by Crippen LogP contribution is 2.30. The molecule has 1 saturated heterocycles. The van der Waals surface area contributed by atoms with Gasteiger partial charge in [-0.15, -0.1) is 6.42 Å². The van der Waals surface area contributed by atoms with Crippen LogP contribution < -0.4 is 10.1 Å². The lowest BCUT2D eigenvalue weighted by atomic mass is 10.1. The molecule has 0 spiro atoms. The van der Waals surface area contributed by atoms with E-state index in [0.29, 0.717) is 24.3 Å². The quantitative estimate of drug-likeness (QED) is 0.805. The molecule has 1 aliphatic rings. The molecule has 0 bridgehead atoms. The molecule has 1 heterocycles. The first-order valence-corrected chi connectivity index (χ1v) is 9.96. The first kappa shape index (κ1) is 19.0. The van der Waals surface area contributed by atoms with Crippen molar-refractivity contribution in [1.29, 1.82) is 0 Å². The summed E-state index contributed by atoms with van der Waals surface area (Å²) in [7, 11) is -2.31. The summed E-state index contributed by atoms with van der Waals surface area (Å²) in [5, 5.41) is 2.73. The van der Waals surface area contributed by atoms with Gasteiger partial charge in [-0.2, -0.15) is 4.31 Å². The largest absolute Gasteiger partial charge is 0.495 e. The number of terminal acetylenes is 1. The van der Waals surface area contributed by atoms with Crippen molar-refractivity contribution in [1.82, 2.24) is 4.31 Å². The van der Waals surface area contributed by atoms with E-state index in [4.69, 9.17) is 11.2 Å². The van der Waals surface area contributed by atoms with Crippen LogP contribution in [0.4, 0.5) is 5.69 Å². The standard InChI is InChI=1S/C20H20N2O4S/c1-3-15-7-6-8-17(13-15)21-20(23)16-9-10-18(26-2)19(14-16)27(24,25)22-11-4-5-12-22/h1,6-10,13-14H,4-5,11-12H2,2H3,(H,21,23). The average Bonchev–Trinajstić information content (AvgIpc) is 3.23. The Hall–Kier alpha value is -2.82. The van der Waals surface area contributed by atoms with E-state index in [1.165, 1.54) is 29.6 Å². The van der Waals surface area contributed by atoms with Gasteiger partial charge in [0.05, 0.1) is 7.11 Å². The van der Waals surface area contributed by atoms with Crippen molar-refractivity contribution in [3.05, 3.63) is 53.6 Å². The number of methoxy groups -OCH3 is 1. The maximum Gasteiger partial charge on any atom is 0.255 e. The van der Waals surface area contributed by atoms with Crippen molar-refractivity contribution in [3.8, 4) is 18.1 Å². The second-order valence-corrected chi connectivity index (χ2v) is 8.06. The minimum Gasteiger partial charge on any atom is -0.495 e. The zero-order chi connectivity index (χ0) is 19.4. The lowest BCUT2D eigenvalue weighted by molar-refractivity contribution is 0.102. The summed E-state index contributed by atoms with van der Waals surface area (Å²) in [4.78, 5) is 12.6. The third-order valence-corrected chi connectivity index (χ3v) is 6.32. The lowest BCUT2D eigenvalue weighted by Crippen LogP contribution is -2.28. The van der Waals surface area contributed by atoms with Crippen LogP contribution in [0.25, 0.3) is 0 Å². The number of anilines is 1. The van der Waals surface area contributed by atoms with Crippen molar-refractivity contribution in [2.24, 2.45) is 0 Å². The Labute approximate surface area is 159 Å². The van der Waals surface area contributed by atoms with Crippen LogP contribution in [0.15, 0.2) is 47.4 Å². The summed E-state index contributed by atoms with van der Waals surface area (Å²) >= 11 is 0. The first-order valence-electron chi connectivity index (χ1n) is 8.52. The molecule has 140 valence electrons. The Kier molecular flexibility index (Phi) is 5.49. The number of hydrogen-bond acceptors (Lipinski definition) is 4. The van der Waals surface area contributed by atoms with Crippen LogP contribution in [0.5, 0.6) is 5.75 Å². The molecule has 1 N–H and O–H groups in total. The molecule has 0 aliphatic carbocycles. The molecule has 1 amide bonds. The number of ether oxygens (including phenoxy) is 1. The van der Waals surface area contributed by atoms with E-state index < -0.39 is 15.9 Å². The van der Waals surface area contributed by atoms with Gasteiger partial charge in [-0.3, -0.25) is 4.79 Å². The molecular weight excluding hydrogens is 364 g/mol. The molecule has 1 aliphatic heterocycles. The van der Waals surface area contributed by atoms with Crippen LogP contribution >= 0.6 is 0 Å². The Morgan fingerprint density at radius 1 is 1.19 bits per heavy atom. The Bertz CT molecular complexity index is 1000. The van der Waals surface area contributed by atoms with Crippen molar-refractivity contribution in [2.75, 3.05) is 25.5 Å². The predicted octanol–water partition coefficient (Wildman–Crippen LogP) is 2.71. The van der Waals surface area contributed by atoms with Gasteiger partial charge in [-0.05, 0) is 49.2 Å². The number of carbonyl (C=O) groups excluding carboxylic acids is 1. The van der Waals surface area contributed by atoms with Gasteiger partial charge in [-0.25, -0.2) is 8.42 Å². The van der Waals surface area contributed by atoms with Crippen molar-refractivity contribution >= 4 is 21.6 Å². The molecule has 2 aromatic rings. The first-order chi connectivity index (χ1) is 13.0. The molecule has 6 nitrogen and oxygen atoms in total. The number of amides is 1. The number of hydrogen-bond donors (Lipinski definition) is 1. The van der Waals surface area contributed by atoms with E-state index in [1.54, 1.807) is 24.3 Å². The average molecular weight is 384 g/mol. The zero-order valence-corrected chi connectivity index (χ0v) is 15.8. The van der Waals surface area contributed by atoms with Gasteiger partial charge in [0.2, 0.25) is 10.0 Å². The Morgan fingerprint density at radius 3 is 2.59 bits per heavy atom. The molecule has 2 aromatic carbocycles. The smallest absolute Gasteiger partial charge is 0.255 e. The maximum atomic E-state index is 12.9. The van der Waals surface area contributed by atoms with Crippen LogP contribution in [0, 0.1) is 12.3 Å². The molecule has 7 heteroatoms. The summed E-state index contributed by atoms with van der Waals surface area (Å²) < 4.78 is 32.5. The van der Waals surface area contributed by atoms with E-state index in [1.807, 2.05) is 0 Å². The highest BCUT2D eigenvalue weighted by atomic mass is 32.2. The minimum atomic E-state index is -3.72. The fourth-order valence-corrected chi connectivity index (χ4v) is 4.68. The minimum absolute atomic E-state index is 0.00285. The van der Waals surface area contributed by atoms with Crippen LogP contribution in [-0.4, -0.2) is 38.8 Å². The SMILES string of the molecule is C#Cc1cccc(NC(=O)c2ccc(OC)c(S(=O)(=O)N3CCCC3)c2)c1. The summed E-state index contributed by atoms with van der Waals surface area (Å²) in [6.45, 7) is 0.946. The number of sulfonamides is 1. The molecule has 27 heavy (non-hydrogen) atoms. The highest BCUT2D eigenvalue weighted by molar-refractivity contribution is 7.89. The molecule has 0 saturated carbocycles. The summed E-state index contributed by atoms with van der Waals surface area (Å²) in [6.07, 6.45) is 7.03. The van der Waals surface area contributed by atoms with Gasteiger partial charge in [0.1, 0.15) is 10.6 Å².